The van der Waals surface area contributed by atoms with Crippen LogP contribution in [0.4, 0.5) is 0 Å². The number of rotatable bonds is 6. The summed E-state index contributed by atoms with van der Waals surface area (Å²) in [5, 5.41) is 0. The van der Waals surface area contributed by atoms with Gasteiger partial charge in [0.1, 0.15) is 5.92 Å². The highest BCUT2D eigenvalue weighted by Crippen LogP contribution is 2.25. The second-order valence-electron chi connectivity index (χ2n) is 5.84. The lowest BCUT2D eigenvalue weighted by Crippen LogP contribution is -2.43. The third-order valence-electron chi connectivity index (χ3n) is 3.91. The molecule has 0 atom stereocenters. The quantitative estimate of drug-likeness (QED) is 0.507. The van der Waals surface area contributed by atoms with Gasteiger partial charge in [0.2, 0.25) is 0 Å². The number of nitrogens with one attached hydrogen (secondary N) is 2. The van der Waals surface area contributed by atoms with Gasteiger partial charge in [-0.2, -0.15) is 0 Å². The molecule has 2 aromatic carbocycles. The third-order valence-corrected chi connectivity index (χ3v) is 3.91. The molecule has 3 aromatic rings. The molecule has 28 heavy (non-hydrogen) atoms. The molecule has 0 saturated heterocycles. The highest BCUT2D eigenvalue weighted by atomic mass is 16.5. The molecule has 2 N–H and O–H groups in total. The molecule has 0 aliphatic heterocycles. The normalized spacial score (nSPS) is 10.3. The van der Waals surface area contributed by atoms with E-state index in [-0.39, 0.29) is 5.76 Å². The van der Waals surface area contributed by atoms with Gasteiger partial charge < -0.3 is 9.15 Å². The van der Waals surface area contributed by atoms with Gasteiger partial charge in [-0.15, -0.1) is 0 Å². The summed E-state index contributed by atoms with van der Waals surface area (Å²) in [6.07, 6.45) is 1.34. The smallest absolute Gasteiger partial charge is 0.318 e. The molecule has 0 bridgehead atoms. The minimum Gasteiger partial charge on any atom is -0.459 e. The molecule has 0 unspecified atom stereocenters. The van der Waals surface area contributed by atoms with Gasteiger partial charge in [-0.25, -0.2) is 0 Å². The molecule has 7 nitrogen and oxygen atoms in total. The zero-order valence-electron chi connectivity index (χ0n) is 14.8. The van der Waals surface area contributed by atoms with E-state index in [1.165, 1.54) is 12.3 Å². The summed E-state index contributed by atoms with van der Waals surface area (Å²) >= 11 is 0. The molecule has 0 aliphatic rings. The van der Waals surface area contributed by atoms with E-state index in [1.807, 2.05) is 60.7 Å². The molecule has 1 aromatic heterocycles. The zero-order chi connectivity index (χ0) is 19.8. The van der Waals surface area contributed by atoms with Crippen molar-refractivity contribution in [3.63, 3.8) is 0 Å². The highest BCUT2D eigenvalue weighted by molar-refractivity contribution is 5.93. The molecule has 1 heterocycles. The standard InChI is InChI=1S/C21H18N2O5/c24-18(22-23-20(25)17-12-7-13-27-17)14-28-21(26)19(15-8-3-1-4-9-15)16-10-5-2-6-11-16/h1-13,19H,14H2,(H,22,24)(H,23,25). The Morgan fingerprint density at radius 3 is 1.96 bits per heavy atom. The molecule has 0 saturated carbocycles. The molecule has 7 heteroatoms. The Balaban J connectivity index is 1.59. The first-order valence-electron chi connectivity index (χ1n) is 8.54. The van der Waals surface area contributed by atoms with Crippen LogP contribution in [-0.4, -0.2) is 24.4 Å². The van der Waals surface area contributed by atoms with Crippen molar-refractivity contribution in [3.8, 4) is 0 Å². The number of ether oxygens (including phenoxy) is 1. The molecule has 0 fully saturated rings. The Labute approximate surface area is 161 Å². The lowest BCUT2D eigenvalue weighted by Gasteiger charge is -2.17. The Kier molecular flexibility index (Phi) is 6.20. The molecule has 142 valence electrons. The fraction of sp³-hybridized carbons (Fsp3) is 0.0952. The summed E-state index contributed by atoms with van der Waals surface area (Å²) in [6, 6.07) is 21.3. The largest absolute Gasteiger partial charge is 0.459 e. The van der Waals surface area contributed by atoms with Gasteiger partial charge >= 0.3 is 11.9 Å². The van der Waals surface area contributed by atoms with Crippen LogP contribution in [-0.2, 0) is 14.3 Å². The van der Waals surface area contributed by atoms with Crippen molar-refractivity contribution in [2.75, 3.05) is 6.61 Å². The fourth-order valence-electron chi connectivity index (χ4n) is 2.61. The Morgan fingerprint density at radius 1 is 0.821 bits per heavy atom. The summed E-state index contributed by atoms with van der Waals surface area (Å²) in [4.78, 5) is 36.3. The van der Waals surface area contributed by atoms with Gasteiger partial charge in [0.25, 0.3) is 5.91 Å². The number of furan rings is 1. The van der Waals surface area contributed by atoms with Crippen molar-refractivity contribution in [3.05, 3.63) is 95.9 Å². The number of amides is 2. The number of hydrogen-bond donors (Lipinski definition) is 2. The first-order chi connectivity index (χ1) is 13.6. The van der Waals surface area contributed by atoms with Gasteiger partial charge in [0.15, 0.2) is 12.4 Å². The molecule has 2 amide bonds. The van der Waals surface area contributed by atoms with Gasteiger partial charge in [-0.3, -0.25) is 25.2 Å². The lowest BCUT2D eigenvalue weighted by molar-refractivity contribution is -0.149. The van der Waals surface area contributed by atoms with Crippen molar-refractivity contribution < 1.29 is 23.5 Å². The fourth-order valence-corrected chi connectivity index (χ4v) is 2.61. The lowest BCUT2D eigenvalue weighted by atomic mass is 9.91. The molecular formula is C21H18N2O5. The number of carbonyl (C=O) groups excluding carboxylic acids is 3. The van der Waals surface area contributed by atoms with E-state index in [1.54, 1.807) is 6.07 Å². The molecule has 0 aliphatic carbocycles. The summed E-state index contributed by atoms with van der Waals surface area (Å²) in [5.41, 5.74) is 5.86. The SMILES string of the molecule is O=C(COC(=O)C(c1ccccc1)c1ccccc1)NNC(=O)c1ccco1. The number of carbonyl (C=O) groups is 3. The average Bonchev–Trinajstić information content (AvgIpc) is 3.27. The minimum atomic E-state index is -0.673. The van der Waals surface area contributed by atoms with Crippen LogP contribution in [0.25, 0.3) is 0 Å². The van der Waals surface area contributed by atoms with Gasteiger partial charge in [0.05, 0.1) is 6.26 Å². The van der Waals surface area contributed by atoms with Crippen LogP contribution < -0.4 is 10.9 Å². The monoisotopic (exact) mass is 378 g/mol. The van der Waals surface area contributed by atoms with E-state index in [0.29, 0.717) is 0 Å². The van der Waals surface area contributed by atoms with Crippen LogP contribution >= 0.6 is 0 Å². The predicted octanol–water partition coefficient (Wildman–Crippen LogP) is 2.42. The van der Waals surface area contributed by atoms with Crippen molar-refractivity contribution in [1.29, 1.82) is 0 Å². The van der Waals surface area contributed by atoms with E-state index in [0.717, 1.165) is 11.1 Å². The van der Waals surface area contributed by atoms with Crippen LogP contribution in [0.3, 0.4) is 0 Å². The molecule has 0 spiro atoms. The number of benzene rings is 2. The summed E-state index contributed by atoms with van der Waals surface area (Å²) < 4.78 is 10.1. The zero-order valence-corrected chi connectivity index (χ0v) is 14.8. The van der Waals surface area contributed by atoms with Crippen LogP contribution in [0.15, 0.2) is 83.5 Å². The number of hydrazine groups is 1. The maximum absolute atomic E-state index is 12.7. The Hall–Kier alpha value is -3.87. The Morgan fingerprint density at radius 2 is 1.43 bits per heavy atom. The maximum atomic E-state index is 12.7. The third kappa shape index (κ3) is 4.85. The van der Waals surface area contributed by atoms with Gasteiger partial charge in [-0.05, 0) is 23.3 Å². The van der Waals surface area contributed by atoms with E-state index >= 15 is 0 Å². The second kappa shape index (κ2) is 9.18. The molecular weight excluding hydrogens is 360 g/mol. The summed E-state index contributed by atoms with van der Waals surface area (Å²) in [7, 11) is 0. The van der Waals surface area contributed by atoms with Crippen molar-refractivity contribution in [2.24, 2.45) is 0 Å². The maximum Gasteiger partial charge on any atom is 0.318 e. The van der Waals surface area contributed by atoms with Crippen molar-refractivity contribution >= 4 is 17.8 Å². The number of hydrogen-bond acceptors (Lipinski definition) is 5. The van der Waals surface area contributed by atoms with Gasteiger partial charge in [-0.1, -0.05) is 60.7 Å². The summed E-state index contributed by atoms with van der Waals surface area (Å²) in [5.74, 6) is -2.47. The first kappa shape index (κ1) is 18.9. The van der Waals surface area contributed by atoms with E-state index in [9.17, 15) is 14.4 Å². The van der Waals surface area contributed by atoms with Crippen molar-refractivity contribution in [2.45, 2.75) is 5.92 Å². The van der Waals surface area contributed by atoms with E-state index in [4.69, 9.17) is 9.15 Å². The number of esters is 1. The first-order valence-corrected chi connectivity index (χ1v) is 8.54. The van der Waals surface area contributed by atoms with Crippen LogP contribution in [0, 0.1) is 0 Å². The second-order valence-corrected chi connectivity index (χ2v) is 5.84. The minimum absolute atomic E-state index is 0.0468. The van der Waals surface area contributed by atoms with E-state index in [2.05, 4.69) is 10.9 Å². The highest BCUT2D eigenvalue weighted by Gasteiger charge is 2.24. The molecule has 3 rings (SSSR count). The molecule has 0 radical (unpaired) electrons. The van der Waals surface area contributed by atoms with E-state index < -0.39 is 30.3 Å². The summed E-state index contributed by atoms with van der Waals surface area (Å²) in [6.45, 7) is -0.534. The topological polar surface area (TPSA) is 97.6 Å². The van der Waals surface area contributed by atoms with Crippen LogP contribution in [0.1, 0.15) is 27.6 Å². The van der Waals surface area contributed by atoms with Crippen LogP contribution in [0.5, 0.6) is 0 Å². The van der Waals surface area contributed by atoms with Gasteiger partial charge in [0, 0.05) is 0 Å². The van der Waals surface area contributed by atoms with Crippen LogP contribution in [0.2, 0.25) is 0 Å². The van der Waals surface area contributed by atoms with Crippen molar-refractivity contribution in [1.82, 2.24) is 10.9 Å². The average molecular weight is 378 g/mol. The predicted molar refractivity (Wildman–Crippen MR) is 100 cm³/mol. The Bertz CT molecular complexity index is 884.